The summed E-state index contributed by atoms with van der Waals surface area (Å²) in [5.74, 6) is -0.937. The van der Waals surface area contributed by atoms with Crippen molar-refractivity contribution in [2.75, 3.05) is 13.2 Å². The highest BCUT2D eigenvalue weighted by molar-refractivity contribution is 5.71. The average Bonchev–Trinajstić information content (AvgIpc) is 3.46. The van der Waals surface area contributed by atoms with Gasteiger partial charge in [-0.15, -0.1) is 0 Å². The van der Waals surface area contributed by atoms with Gasteiger partial charge in [-0.2, -0.15) is 0 Å². The standard InChI is InChI=1S/C75H126O6/c1-4-7-10-13-16-19-22-25-27-29-31-33-35-37-39-41-43-45-47-50-53-56-59-62-65-68-74(77)80-71-72(70-79-73(76)67-64-61-58-55-52-49-24-21-18-15-12-9-6-3)81-75(78)69-66-63-60-57-54-51-48-46-44-42-40-38-36-34-32-30-28-26-23-20-17-14-11-8-5-2/h7,10,12,15-16,19,21,24-25,27,30-33,37,39,43,45,50,53,72H,4-6,8-9,11,13-14,17-18,20,22-23,26,28-29,34-36,38,40-42,44,46-49,51-52,54-71H2,1-3H3/b10-7-,15-12-,19-16-,24-21-,27-25-,32-30-,33-31-,39-37-,45-43-,53-50-. The van der Waals surface area contributed by atoms with Gasteiger partial charge >= 0.3 is 17.9 Å². The number of esters is 3. The van der Waals surface area contributed by atoms with Crippen LogP contribution in [0.3, 0.4) is 0 Å². The van der Waals surface area contributed by atoms with Crippen molar-refractivity contribution in [1.29, 1.82) is 0 Å². The summed E-state index contributed by atoms with van der Waals surface area (Å²) in [4.78, 5) is 38.4. The molecule has 81 heavy (non-hydrogen) atoms. The normalized spacial score (nSPS) is 12.9. The molecule has 6 heteroatoms. The zero-order valence-electron chi connectivity index (χ0n) is 53.0. The number of hydrogen-bond donors (Lipinski definition) is 0. The van der Waals surface area contributed by atoms with Crippen molar-refractivity contribution in [2.45, 2.75) is 322 Å². The third-order valence-electron chi connectivity index (χ3n) is 14.4. The number of ether oxygens (including phenoxy) is 3. The maximum absolute atomic E-state index is 12.9. The number of rotatable bonds is 61. The third-order valence-corrected chi connectivity index (χ3v) is 14.4. The topological polar surface area (TPSA) is 78.9 Å². The van der Waals surface area contributed by atoms with Crippen LogP contribution in [0, 0.1) is 0 Å². The van der Waals surface area contributed by atoms with Crippen LogP contribution >= 0.6 is 0 Å². The van der Waals surface area contributed by atoms with E-state index in [9.17, 15) is 14.4 Å². The highest BCUT2D eigenvalue weighted by atomic mass is 16.6. The molecule has 0 bridgehead atoms. The van der Waals surface area contributed by atoms with Gasteiger partial charge in [0.15, 0.2) is 6.10 Å². The van der Waals surface area contributed by atoms with Gasteiger partial charge in [-0.25, -0.2) is 0 Å². The Bertz CT molecular complexity index is 1670. The molecule has 0 heterocycles. The third kappa shape index (κ3) is 66.5. The van der Waals surface area contributed by atoms with Crippen LogP contribution in [-0.4, -0.2) is 37.2 Å². The van der Waals surface area contributed by atoms with Crippen LogP contribution in [0.2, 0.25) is 0 Å². The van der Waals surface area contributed by atoms with Gasteiger partial charge in [-0.1, -0.05) is 290 Å². The fourth-order valence-corrected chi connectivity index (χ4v) is 9.34. The molecule has 0 fully saturated rings. The summed E-state index contributed by atoms with van der Waals surface area (Å²) < 4.78 is 16.9. The van der Waals surface area contributed by atoms with E-state index in [4.69, 9.17) is 14.2 Å². The SMILES string of the molecule is CC/C=C\C/C=C\C/C=C\C/C=C\C/C=C\C/C=C\C/C=C\CCCCCC(=O)OCC(COC(=O)CCCCCCC/C=C\C/C=C\CCC)OC(=O)CCCCCCCCCCCCCCC/C=C\CCCCCCCCCC. The number of carbonyl (C=O) groups excluding carboxylic acids is 3. The molecule has 0 amide bonds. The molecule has 0 saturated carbocycles. The molecule has 0 N–H and O–H groups in total. The van der Waals surface area contributed by atoms with Gasteiger partial charge in [0.05, 0.1) is 0 Å². The summed E-state index contributed by atoms with van der Waals surface area (Å²) in [6.45, 7) is 6.45. The van der Waals surface area contributed by atoms with Gasteiger partial charge in [-0.05, 0) is 128 Å². The molecule has 1 unspecified atom stereocenters. The average molecular weight is 1120 g/mol. The van der Waals surface area contributed by atoms with E-state index in [1.165, 1.54) is 135 Å². The number of hydrogen-bond acceptors (Lipinski definition) is 6. The van der Waals surface area contributed by atoms with E-state index < -0.39 is 6.10 Å². The molecule has 0 radical (unpaired) electrons. The minimum atomic E-state index is -0.803. The van der Waals surface area contributed by atoms with Crippen LogP contribution in [0.15, 0.2) is 122 Å². The van der Waals surface area contributed by atoms with E-state index in [1.807, 2.05) is 0 Å². The quantitative estimate of drug-likeness (QED) is 0.0261. The van der Waals surface area contributed by atoms with E-state index in [-0.39, 0.29) is 31.1 Å². The highest BCUT2D eigenvalue weighted by Crippen LogP contribution is 2.16. The number of unbranched alkanes of at least 4 members (excludes halogenated alkanes) is 30. The minimum absolute atomic E-state index is 0.0974. The lowest BCUT2D eigenvalue weighted by Gasteiger charge is -2.18. The lowest BCUT2D eigenvalue weighted by molar-refractivity contribution is -0.167. The first-order chi connectivity index (χ1) is 40.0. The fraction of sp³-hybridized carbons (Fsp3) is 0.693. The summed E-state index contributed by atoms with van der Waals surface area (Å²) in [5, 5.41) is 0. The molecule has 0 aliphatic carbocycles. The Morgan fingerprint density at radius 3 is 0.827 bits per heavy atom. The Labute approximate surface area is 501 Å². The predicted molar refractivity (Wildman–Crippen MR) is 353 cm³/mol. The molecule has 1 atom stereocenters. The first-order valence-electron chi connectivity index (χ1n) is 34.0. The van der Waals surface area contributed by atoms with Crippen LogP contribution in [0.1, 0.15) is 316 Å². The van der Waals surface area contributed by atoms with Crippen molar-refractivity contribution >= 4 is 17.9 Å². The van der Waals surface area contributed by atoms with Crippen molar-refractivity contribution in [3.63, 3.8) is 0 Å². The molecule has 0 aliphatic heterocycles. The van der Waals surface area contributed by atoms with E-state index in [1.54, 1.807) is 0 Å². The van der Waals surface area contributed by atoms with Gasteiger partial charge in [0.25, 0.3) is 0 Å². The highest BCUT2D eigenvalue weighted by Gasteiger charge is 2.19. The monoisotopic (exact) mass is 1120 g/mol. The van der Waals surface area contributed by atoms with E-state index in [0.717, 1.165) is 141 Å². The predicted octanol–water partition coefficient (Wildman–Crippen LogP) is 23.6. The summed E-state index contributed by atoms with van der Waals surface area (Å²) in [5.41, 5.74) is 0. The molecule has 0 aromatic carbocycles. The lowest BCUT2D eigenvalue weighted by atomic mass is 10.0. The molecule has 0 saturated heterocycles. The lowest BCUT2D eigenvalue weighted by Crippen LogP contribution is -2.30. The Morgan fingerprint density at radius 1 is 0.259 bits per heavy atom. The summed E-state index contributed by atoms with van der Waals surface area (Å²) in [6, 6.07) is 0. The Hall–Kier alpha value is -4.19. The number of carbonyl (C=O) groups is 3. The second-order valence-corrected chi connectivity index (χ2v) is 22.3. The molecule has 0 rings (SSSR count). The first kappa shape index (κ1) is 76.8. The van der Waals surface area contributed by atoms with Crippen LogP contribution in [0.5, 0.6) is 0 Å². The minimum Gasteiger partial charge on any atom is -0.462 e. The molecule has 0 aromatic rings. The molecule has 462 valence electrons. The first-order valence-corrected chi connectivity index (χ1v) is 34.0. The Balaban J connectivity index is 4.38. The Morgan fingerprint density at radius 2 is 0.506 bits per heavy atom. The van der Waals surface area contributed by atoms with Crippen molar-refractivity contribution in [1.82, 2.24) is 0 Å². The van der Waals surface area contributed by atoms with Gasteiger partial charge in [0.2, 0.25) is 0 Å². The van der Waals surface area contributed by atoms with Crippen LogP contribution in [-0.2, 0) is 28.6 Å². The van der Waals surface area contributed by atoms with Gasteiger partial charge in [-0.3, -0.25) is 14.4 Å². The summed E-state index contributed by atoms with van der Waals surface area (Å²) in [6.07, 6.45) is 95.0. The van der Waals surface area contributed by atoms with Crippen molar-refractivity contribution < 1.29 is 28.6 Å². The zero-order valence-corrected chi connectivity index (χ0v) is 53.0. The molecule has 0 aromatic heterocycles. The molecular formula is C75H126O6. The van der Waals surface area contributed by atoms with Gasteiger partial charge in [0.1, 0.15) is 13.2 Å². The zero-order chi connectivity index (χ0) is 58.5. The van der Waals surface area contributed by atoms with E-state index in [2.05, 4.69) is 142 Å². The van der Waals surface area contributed by atoms with Gasteiger partial charge < -0.3 is 14.2 Å². The second-order valence-electron chi connectivity index (χ2n) is 22.3. The largest absolute Gasteiger partial charge is 0.462 e. The summed E-state index contributed by atoms with van der Waals surface area (Å²) >= 11 is 0. The number of allylic oxidation sites excluding steroid dienone is 20. The van der Waals surface area contributed by atoms with Gasteiger partial charge in [0, 0.05) is 19.3 Å². The van der Waals surface area contributed by atoms with Crippen LogP contribution in [0.25, 0.3) is 0 Å². The molecular weight excluding hydrogens is 997 g/mol. The van der Waals surface area contributed by atoms with Crippen molar-refractivity contribution in [3.05, 3.63) is 122 Å². The fourth-order valence-electron chi connectivity index (χ4n) is 9.34. The smallest absolute Gasteiger partial charge is 0.306 e. The van der Waals surface area contributed by atoms with E-state index in [0.29, 0.717) is 19.3 Å². The maximum atomic E-state index is 12.9. The van der Waals surface area contributed by atoms with Crippen molar-refractivity contribution in [2.24, 2.45) is 0 Å². The van der Waals surface area contributed by atoms with Crippen LogP contribution < -0.4 is 0 Å². The molecule has 6 nitrogen and oxygen atoms in total. The summed E-state index contributed by atoms with van der Waals surface area (Å²) in [7, 11) is 0. The maximum Gasteiger partial charge on any atom is 0.306 e. The molecule has 0 aliphatic rings. The Kier molecular flexibility index (Phi) is 64.8. The van der Waals surface area contributed by atoms with E-state index >= 15 is 0 Å². The molecule has 0 spiro atoms. The van der Waals surface area contributed by atoms with Crippen molar-refractivity contribution in [3.8, 4) is 0 Å². The van der Waals surface area contributed by atoms with Crippen LogP contribution in [0.4, 0.5) is 0 Å². The second kappa shape index (κ2) is 68.3.